The molecule has 1 aromatic heterocycles. The number of halogens is 2. The minimum atomic E-state index is -1.60. The molecule has 8 nitrogen and oxygen atoms in total. The summed E-state index contributed by atoms with van der Waals surface area (Å²) in [5.41, 5.74) is -1.60. The van der Waals surface area contributed by atoms with Gasteiger partial charge in [-0.1, -0.05) is 6.07 Å². The molecule has 29 heavy (non-hydrogen) atoms. The zero-order chi connectivity index (χ0) is 19.7. The van der Waals surface area contributed by atoms with Gasteiger partial charge in [0, 0.05) is 46.0 Å². The summed E-state index contributed by atoms with van der Waals surface area (Å²) in [6.07, 6.45) is 1.80. The Balaban J connectivity index is 0.00000300. The molecule has 3 heterocycles. The van der Waals surface area contributed by atoms with Gasteiger partial charge in [0.25, 0.3) is 0 Å². The van der Waals surface area contributed by atoms with Crippen LogP contribution in [0, 0.1) is 0 Å². The van der Waals surface area contributed by atoms with E-state index in [-0.39, 0.29) is 36.7 Å². The van der Waals surface area contributed by atoms with Gasteiger partial charge in [0.05, 0.1) is 39.6 Å². The number of nitrogens with one attached hydrogen (secondary N) is 1. The van der Waals surface area contributed by atoms with Gasteiger partial charge in [0.15, 0.2) is 11.6 Å². The van der Waals surface area contributed by atoms with Crippen molar-refractivity contribution in [3.63, 3.8) is 0 Å². The Labute approximate surface area is 182 Å². The summed E-state index contributed by atoms with van der Waals surface area (Å²) in [6, 6.07) is 5.92. The standard InChI is InChI=1S/C19H30FN5O3.BrH/c1-26-11-6-22-18(23-14-19(20)15-27-12-13-28-16-19)25-9-7-24(8-10-25)17-4-2-3-5-21-17;/h2-5H,6-16H2,1H3,(H,22,23);1H. The maximum Gasteiger partial charge on any atom is 0.194 e. The van der Waals surface area contributed by atoms with Crippen molar-refractivity contribution in [2.75, 3.05) is 84.3 Å². The molecule has 2 aliphatic heterocycles. The molecule has 2 saturated heterocycles. The van der Waals surface area contributed by atoms with Crippen LogP contribution in [0.15, 0.2) is 29.4 Å². The smallest absolute Gasteiger partial charge is 0.194 e. The molecule has 164 valence electrons. The third kappa shape index (κ3) is 7.36. The number of methoxy groups -OCH3 is 1. The number of hydrogen-bond acceptors (Lipinski definition) is 6. The van der Waals surface area contributed by atoms with Crippen LogP contribution in [0.1, 0.15) is 0 Å². The predicted molar refractivity (Wildman–Crippen MR) is 116 cm³/mol. The van der Waals surface area contributed by atoms with Crippen LogP contribution in [-0.2, 0) is 14.2 Å². The number of nitrogens with zero attached hydrogens (tertiary/aromatic N) is 4. The van der Waals surface area contributed by atoms with Crippen LogP contribution in [-0.4, -0.2) is 101 Å². The number of pyridine rings is 1. The van der Waals surface area contributed by atoms with Crippen molar-refractivity contribution < 1.29 is 18.6 Å². The number of guanidine groups is 1. The summed E-state index contributed by atoms with van der Waals surface area (Å²) in [6.45, 7) is 5.25. The van der Waals surface area contributed by atoms with Gasteiger partial charge >= 0.3 is 0 Å². The highest BCUT2D eigenvalue weighted by Crippen LogP contribution is 2.17. The topological polar surface area (TPSA) is 71.5 Å². The normalized spacial score (nSPS) is 20.0. The lowest BCUT2D eigenvalue weighted by Gasteiger charge is -2.37. The van der Waals surface area contributed by atoms with E-state index in [1.54, 1.807) is 13.3 Å². The lowest BCUT2D eigenvalue weighted by molar-refractivity contribution is 0.0214. The van der Waals surface area contributed by atoms with Crippen LogP contribution in [0.3, 0.4) is 0 Å². The molecule has 0 bridgehead atoms. The predicted octanol–water partition coefficient (Wildman–Crippen LogP) is 1.13. The zero-order valence-corrected chi connectivity index (χ0v) is 18.6. The first-order valence-electron chi connectivity index (χ1n) is 9.73. The second-order valence-electron chi connectivity index (χ2n) is 6.98. The number of anilines is 1. The summed E-state index contributed by atoms with van der Waals surface area (Å²) < 4.78 is 30.7. The van der Waals surface area contributed by atoms with Crippen LogP contribution >= 0.6 is 17.0 Å². The molecule has 0 amide bonds. The van der Waals surface area contributed by atoms with Crippen molar-refractivity contribution in [1.82, 2.24) is 15.2 Å². The zero-order valence-electron chi connectivity index (χ0n) is 16.9. The Kier molecular flexibility index (Phi) is 10.1. The largest absolute Gasteiger partial charge is 0.383 e. The molecule has 2 fully saturated rings. The molecule has 0 radical (unpaired) electrons. The third-order valence-corrected chi connectivity index (χ3v) is 4.75. The van der Waals surface area contributed by atoms with Crippen molar-refractivity contribution in [1.29, 1.82) is 0 Å². The average molecular weight is 476 g/mol. The lowest BCUT2D eigenvalue weighted by Crippen LogP contribution is -2.53. The Hall–Kier alpha value is -1.49. The average Bonchev–Trinajstić information content (AvgIpc) is 2.96. The van der Waals surface area contributed by atoms with E-state index in [4.69, 9.17) is 14.2 Å². The van der Waals surface area contributed by atoms with Crippen molar-refractivity contribution >= 4 is 28.8 Å². The number of piperazine rings is 1. The van der Waals surface area contributed by atoms with Gasteiger partial charge in [-0.3, -0.25) is 0 Å². The molecular weight excluding hydrogens is 445 g/mol. The molecule has 10 heteroatoms. The number of alkyl halides is 1. The minimum Gasteiger partial charge on any atom is -0.383 e. The molecule has 0 atom stereocenters. The van der Waals surface area contributed by atoms with E-state index in [1.807, 2.05) is 18.2 Å². The van der Waals surface area contributed by atoms with Crippen LogP contribution in [0.25, 0.3) is 0 Å². The van der Waals surface area contributed by atoms with E-state index in [0.717, 1.165) is 32.0 Å². The van der Waals surface area contributed by atoms with Crippen LogP contribution < -0.4 is 10.2 Å². The van der Waals surface area contributed by atoms with Gasteiger partial charge in [-0.2, -0.15) is 0 Å². The molecule has 1 N–H and O–H groups in total. The summed E-state index contributed by atoms with van der Waals surface area (Å²) >= 11 is 0. The van der Waals surface area contributed by atoms with Gasteiger partial charge in [-0.25, -0.2) is 14.4 Å². The monoisotopic (exact) mass is 475 g/mol. The fourth-order valence-corrected chi connectivity index (χ4v) is 3.20. The summed E-state index contributed by atoms with van der Waals surface area (Å²) in [4.78, 5) is 13.4. The molecular formula is C19H31BrFN5O3. The van der Waals surface area contributed by atoms with Crippen molar-refractivity contribution in [2.24, 2.45) is 4.99 Å². The van der Waals surface area contributed by atoms with E-state index < -0.39 is 5.67 Å². The van der Waals surface area contributed by atoms with E-state index in [2.05, 4.69) is 25.1 Å². The fourth-order valence-electron chi connectivity index (χ4n) is 3.20. The maximum absolute atomic E-state index is 15.0. The highest BCUT2D eigenvalue weighted by molar-refractivity contribution is 8.93. The SMILES string of the molecule is Br.COCCNC(=NCC1(F)COCCOC1)N1CCN(c2ccccn2)CC1. The van der Waals surface area contributed by atoms with Crippen LogP contribution in [0.2, 0.25) is 0 Å². The number of aliphatic imine (C=N–C) groups is 1. The van der Waals surface area contributed by atoms with Crippen LogP contribution in [0.4, 0.5) is 10.2 Å². The van der Waals surface area contributed by atoms with Gasteiger partial charge < -0.3 is 29.3 Å². The maximum atomic E-state index is 15.0. The number of hydrogen-bond donors (Lipinski definition) is 1. The number of rotatable bonds is 6. The molecule has 0 aliphatic carbocycles. The molecule has 3 rings (SSSR count). The third-order valence-electron chi connectivity index (χ3n) is 4.75. The first-order chi connectivity index (χ1) is 13.7. The van der Waals surface area contributed by atoms with E-state index in [0.29, 0.717) is 32.3 Å². The molecule has 1 aromatic rings. The van der Waals surface area contributed by atoms with Gasteiger partial charge in [0.2, 0.25) is 0 Å². The number of aromatic nitrogens is 1. The molecule has 0 spiro atoms. The molecule has 0 aromatic carbocycles. The summed E-state index contributed by atoms with van der Waals surface area (Å²) in [7, 11) is 1.65. The highest BCUT2D eigenvalue weighted by Gasteiger charge is 2.33. The summed E-state index contributed by atoms with van der Waals surface area (Å²) in [5, 5.41) is 3.29. The van der Waals surface area contributed by atoms with Gasteiger partial charge in [-0.15, -0.1) is 17.0 Å². The Morgan fingerprint density at radius 1 is 1.24 bits per heavy atom. The summed E-state index contributed by atoms with van der Waals surface area (Å²) in [5.74, 6) is 1.67. The molecule has 2 aliphatic rings. The lowest BCUT2D eigenvalue weighted by atomic mass is 10.1. The number of ether oxygens (including phenoxy) is 3. The Morgan fingerprint density at radius 3 is 2.59 bits per heavy atom. The van der Waals surface area contributed by atoms with Gasteiger partial charge in [0.1, 0.15) is 5.82 Å². The van der Waals surface area contributed by atoms with Crippen LogP contribution in [0.5, 0.6) is 0 Å². The first-order valence-corrected chi connectivity index (χ1v) is 9.73. The Bertz CT molecular complexity index is 609. The minimum absolute atomic E-state index is 0. The second-order valence-corrected chi connectivity index (χ2v) is 6.98. The van der Waals surface area contributed by atoms with E-state index >= 15 is 0 Å². The van der Waals surface area contributed by atoms with Crippen molar-refractivity contribution in [3.8, 4) is 0 Å². The fraction of sp³-hybridized carbons (Fsp3) is 0.684. The van der Waals surface area contributed by atoms with E-state index in [9.17, 15) is 4.39 Å². The molecule has 0 unspecified atom stereocenters. The van der Waals surface area contributed by atoms with E-state index in [1.165, 1.54) is 0 Å². The highest BCUT2D eigenvalue weighted by atomic mass is 79.9. The van der Waals surface area contributed by atoms with Crippen molar-refractivity contribution in [2.45, 2.75) is 5.67 Å². The Morgan fingerprint density at radius 2 is 1.97 bits per heavy atom. The quantitative estimate of drug-likeness (QED) is 0.375. The second kappa shape index (κ2) is 12.3. The van der Waals surface area contributed by atoms with Crippen molar-refractivity contribution in [3.05, 3.63) is 24.4 Å². The first kappa shape index (κ1) is 23.8. The van der Waals surface area contributed by atoms with Gasteiger partial charge in [-0.05, 0) is 12.1 Å². The molecule has 0 saturated carbocycles.